The average Bonchev–Trinajstić information content (AvgIpc) is 2.78. The zero-order valence-electron chi connectivity index (χ0n) is 11.4. The smallest absolute Gasteiger partial charge is 0.0476 e. The van der Waals surface area contributed by atoms with Crippen molar-refractivity contribution in [3.05, 3.63) is 33.9 Å². The van der Waals surface area contributed by atoms with E-state index in [0.717, 1.165) is 6.54 Å². The zero-order valence-corrected chi connectivity index (χ0v) is 13.0. The molecule has 2 N–H and O–H groups in total. The SMILES string of the molecule is CCCCNC1CCCc2c1[nH]c1ccc(Br)cc21. The summed E-state index contributed by atoms with van der Waals surface area (Å²) in [4.78, 5) is 3.64. The van der Waals surface area contributed by atoms with Gasteiger partial charge in [-0.15, -0.1) is 0 Å². The summed E-state index contributed by atoms with van der Waals surface area (Å²) in [7, 11) is 0. The first-order chi connectivity index (χ1) is 9.29. The Labute approximate surface area is 123 Å². The minimum Gasteiger partial charge on any atom is -0.357 e. The van der Waals surface area contributed by atoms with Gasteiger partial charge in [-0.1, -0.05) is 29.3 Å². The van der Waals surface area contributed by atoms with Gasteiger partial charge in [0.1, 0.15) is 0 Å². The topological polar surface area (TPSA) is 27.8 Å². The van der Waals surface area contributed by atoms with Crippen LogP contribution in [0.1, 0.15) is 49.9 Å². The molecule has 0 aliphatic heterocycles. The number of H-pyrrole nitrogens is 1. The lowest BCUT2D eigenvalue weighted by molar-refractivity contribution is 0.448. The molecule has 1 aliphatic rings. The molecule has 2 aromatic rings. The largest absolute Gasteiger partial charge is 0.357 e. The Morgan fingerprint density at radius 3 is 3.16 bits per heavy atom. The van der Waals surface area contributed by atoms with Crippen molar-refractivity contribution in [2.24, 2.45) is 0 Å². The first-order valence-electron chi connectivity index (χ1n) is 7.33. The fourth-order valence-corrected chi connectivity index (χ4v) is 3.45. The van der Waals surface area contributed by atoms with E-state index in [2.05, 4.69) is 51.4 Å². The van der Waals surface area contributed by atoms with Gasteiger partial charge < -0.3 is 10.3 Å². The second-order valence-electron chi connectivity index (χ2n) is 5.46. The number of halogens is 1. The van der Waals surface area contributed by atoms with Crippen LogP contribution < -0.4 is 5.32 Å². The van der Waals surface area contributed by atoms with E-state index >= 15 is 0 Å². The molecule has 0 radical (unpaired) electrons. The third-order valence-electron chi connectivity index (χ3n) is 4.09. The minimum atomic E-state index is 0.515. The van der Waals surface area contributed by atoms with E-state index in [1.165, 1.54) is 58.7 Å². The number of unbranched alkanes of at least 4 members (excludes halogenated alkanes) is 1. The van der Waals surface area contributed by atoms with Crippen LogP contribution in [0, 0.1) is 0 Å². The van der Waals surface area contributed by atoms with E-state index in [0.29, 0.717) is 6.04 Å². The van der Waals surface area contributed by atoms with Crippen LogP contribution in [0.2, 0.25) is 0 Å². The highest BCUT2D eigenvalue weighted by molar-refractivity contribution is 9.10. The number of rotatable bonds is 4. The Kier molecular flexibility index (Phi) is 3.94. The Morgan fingerprint density at radius 2 is 2.32 bits per heavy atom. The van der Waals surface area contributed by atoms with Crippen LogP contribution in [-0.4, -0.2) is 11.5 Å². The second-order valence-corrected chi connectivity index (χ2v) is 6.38. The Bertz CT molecular complexity index is 573. The van der Waals surface area contributed by atoms with Crippen molar-refractivity contribution < 1.29 is 0 Å². The predicted molar refractivity (Wildman–Crippen MR) is 84.6 cm³/mol. The fraction of sp³-hybridized carbons (Fsp3) is 0.500. The van der Waals surface area contributed by atoms with Crippen molar-refractivity contribution in [3.8, 4) is 0 Å². The minimum absolute atomic E-state index is 0.515. The van der Waals surface area contributed by atoms with E-state index < -0.39 is 0 Å². The van der Waals surface area contributed by atoms with Gasteiger partial charge in [0.15, 0.2) is 0 Å². The predicted octanol–water partition coefficient (Wildman–Crippen LogP) is 4.70. The number of aromatic nitrogens is 1. The van der Waals surface area contributed by atoms with Gasteiger partial charge >= 0.3 is 0 Å². The molecular formula is C16H21BrN2. The first-order valence-corrected chi connectivity index (χ1v) is 8.12. The van der Waals surface area contributed by atoms with Gasteiger partial charge in [-0.3, -0.25) is 0 Å². The molecule has 19 heavy (non-hydrogen) atoms. The van der Waals surface area contributed by atoms with E-state index in [1.807, 2.05) is 0 Å². The Morgan fingerprint density at radius 1 is 1.42 bits per heavy atom. The van der Waals surface area contributed by atoms with Crippen LogP contribution in [-0.2, 0) is 6.42 Å². The summed E-state index contributed by atoms with van der Waals surface area (Å²) >= 11 is 3.58. The highest BCUT2D eigenvalue weighted by Gasteiger charge is 2.23. The molecule has 1 aliphatic carbocycles. The van der Waals surface area contributed by atoms with Crippen molar-refractivity contribution in [2.45, 2.75) is 45.1 Å². The highest BCUT2D eigenvalue weighted by atomic mass is 79.9. The molecule has 0 fully saturated rings. The normalized spacial score (nSPS) is 18.7. The van der Waals surface area contributed by atoms with Crippen LogP contribution in [0.25, 0.3) is 10.9 Å². The van der Waals surface area contributed by atoms with Gasteiger partial charge in [-0.05, 0) is 56.0 Å². The summed E-state index contributed by atoms with van der Waals surface area (Å²) in [6.07, 6.45) is 6.27. The van der Waals surface area contributed by atoms with E-state index in [9.17, 15) is 0 Å². The molecule has 1 aromatic heterocycles. The summed E-state index contributed by atoms with van der Waals surface area (Å²) in [5, 5.41) is 5.11. The van der Waals surface area contributed by atoms with Crippen molar-refractivity contribution in [1.29, 1.82) is 0 Å². The van der Waals surface area contributed by atoms with Crippen LogP contribution >= 0.6 is 15.9 Å². The van der Waals surface area contributed by atoms with Gasteiger partial charge in [-0.25, -0.2) is 0 Å². The second kappa shape index (κ2) is 5.68. The maximum atomic E-state index is 3.71. The molecular weight excluding hydrogens is 300 g/mol. The highest BCUT2D eigenvalue weighted by Crippen LogP contribution is 2.35. The summed E-state index contributed by atoms with van der Waals surface area (Å²) < 4.78 is 1.17. The third-order valence-corrected chi connectivity index (χ3v) is 4.58. The monoisotopic (exact) mass is 320 g/mol. The molecule has 0 spiro atoms. The Hall–Kier alpha value is -0.800. The molecule has 2 nitrogen and oxygen atoms in total. The summed E-state index contributed by atoms with van der Waals surface area (Å²) in [6.45, 7) is 3.37. The maximum absolute atomic E-state index is 3.71. The molecule has 102 valence electrons. The van der Waals surface area contributed by atoms with E-state index in [-0.39, 0.29) is 0 Å². The third kappa shape index (κ3) is 2.59. The lowest BCUT2D eigenvalue weighted by Crippen LogP contribution is -2.26. The molecule has 3 heteroatoms. The lowest BCUT2D eigenvalue weighted by atomic mass is 9.91. The average molecular weight is 321 g/mol. The van der Waals surface area contributed by atoms with E-state index in [4.69, 9.17) is 0 Å². The molecule has 1 heterocycles. The zero-order chi connectivity index (χ0) is 13.2. The van der Waals surface area contributed by atoms with Gasteiger partial charge in [0.25, 0.3) is 0 Å². The molecule has 1 unspecified atom stereocenters. The molecule has 3 rings (SSSR count). The van der Waals surface area contributed by atoms with Crippen molar-refractivity contribution >= 4 is 26.8 Å². The molecule has 0 amide bonds. The summed E-state index contributed by atoms with van der Waals surface area (Å²) in [5.74, 6) is 0. The van der Waals surface area contributed by atoms with Crippen molar-refractivity contribution in [1.82, 2.24) is 10.3 Å². The number of aromatic amines is 1. The van der Waals surface area contributed by atoms with Crippen LogP contribution in [0.3, 0.4) is 0 Å². The van der Waals surface area contributed by atoms with Gasteiger partial charge in [0.05, 0.1) is 0 Å². The van der Waals surface area contributed by atoms with Gasteiger partial charge in [-0.2, -0.15) is 0 Å². The first kappa shape index (κ1) is 13.2. The standard InChI is InChI=1S/C16H21BrN2/c1-2-3-9-18-15-6-4-5-12-13-10-11(17)7-8-14(13)19-16(12)15/h7-8,10,15,18-19H,2-6,9H2,1H3. The van der Waals surface area contributed by atoms with Crippen LogP contribution in [0.4, 0.5) is 0 Å². The summed E-state index contributed by atoms with van der Waals surface area (Å²) in [6, 6.07) is 7.06. The Balaban J connectivity index is 1.93. The van der Waals surface area contributed by atoms with Crippen LogP contribution in [0.5, 0.6) is 0 Å². The molecule has 0 saturated heterocycles. The fourth-order valence-electron chi connectivity index (χ4n) is 3.09. The van der Waals surface area contributed by atoms with Crippen molar-refractivity contribution in [2.75, 3.05) is 6.54 Å². The number of aryl methyl sites for hydroxylation is 1. The molecule has 1 aromatic carbocycles. The van der Waals surface area contributed by atoms with Gasteiger partial charge in [0.2, 0.25) is 0 Å². The summed E-state index contributed by atoms with van der Waals surface area (Å²) in [5.41, 5.74) is 4.23. The number of benzene rings is 1. The molecule has 0 bridgehead atoms. The van der Waals surface area contributed by atoms with E-state index in [1.54, 1.807) is 0 Å². The lowest BCUT2D eigenvalue weighted by Gasteiger charge is -2.23. The van der Waals surface area contributed by atoms with Crippen molar-refractivity contribution in [3.63, 3.8) is 0 Å². The number of fused-ring (bicyclic) bond motifs is 3. The van der Waals surface area contributed by atoms with Crippen LogP contribution in [0.15, 0.2) is 22.7 Å². The maximum Gasteiger partial charge on any atom is 0.0476 e. The molecule has 1 atom stereocenters. The number of hydrogen-bond donors (Lipinski definition) is 2. The quantitative estimate of drug-likeness (QED) is 0.785. The number of hydrogen-bond acceptors (Lipinski definition) is 1. The molecule has 0 saturated carbocycles. The van der Waals surface area contributed by atoms with Gasteiger partial charge in [0, 0.05) is 27.1 Å². The number of nitrogens with one attached hydrogen (secondary N) is 2.